The van der Waals surface area contributed by atoms with E-state index in [-0.39, 0.29) is 6.10 Å². The van der Waals surface area contributed by atoms with Crippen molar-refractivity contribution in [1.29, 1.82) is 0 Å². The van der Waals surface area contributed by atoms with Gasteiger partial charge in [-0.2, -0.15) is 5.10 Å². The minimum atomic E-state index is 0.234. The van der Waals surface area contributed by atoms with Crippen molar-refractivity contribution in [2.45, 2.75) is 26.5 Å². The number of halogens is 1. The number of hydrogen-bond acceptors (Lipinski definition) is 3. The highest BCUT2D eigenvalue weighted by atomic mass is 79.9. The van der Waals surface area contributed by atoms with Gasteiger partial charge in [0, 0.05) is 27.2 Å². The number of aryl methyl sites for hydroxylation is 2. The molecule has 1 heterocycles. The summed E-state index contributed by atoms with van der Waals surface area (Å²) >= 11 is 3.53. The number of hydrogen-bond donors (Lipinski definition) is 1. The predicted molar refractivity (Wildman–Crippen MR) is 63.8 cm³/mol. The summed E-state index contributed by atoms with van der Waals surface area (Å²) in [6.45, 7) is 5.67. The van der Waals surface area contributed by atoms with Crippen molar-refractivity contribution in [3.8, 4) is 0 Å². The molecule has 4 nitrogen and oxygen atoms in total. The molecule has 1 N–H and O–H groups in total. The molecule has 1 aromatic heterocycles. The lowest BCUT2D eigenvalue weighted by atomic mass is 10.3. The van der Waals surface area contributed by atoms with Crippen LogP contribution in [0.15, 0.2) is 4.47 Å². The first-order valence-corrected chi connectivity index (χ1v) is 5.77. The fourth-order valence-corrected chi connectivity index (χ4v) is 1.83. The van der Waals surface area contributed by atoms with E-state index in [1.165, 1.54) is 0 Å². The predicted octanol–water partition coefficient (Wildman–Crippen LogP) is 1.62. The van der Waals surface area contributed by atoms with E-state index in [1.807, 2.05) is 25.6 Å². The first-order valence-electron chi connectivity index (χ1n) is 4.97. The lowest BCUT2D eigenvalue weighted by Crippen LogP contribution is -2.26. The monoisotopic (exact) mass is 275 g/mol. The van der Waals surface area contributed by atoms with Crippen LogP contribution in [0.2, 0.25) is 0 Å². The van der Waals surface area contributed by atoms with Crippen LogP contribution in [0.1, 0.15) is 18.3 Å². The SMILES string of the molecule is COC(C)CNCc1c(Br)c(C)nn1C. The Hall–Kier alpha value is -0.390. The Morgan fingerprint density at radius 2 is 2.27 bits per heavy atom. The van der Waals surface area contributed by atoms with E-state index in [9.17, 15) is 0 Å². The second-order valence-corrected chi connectivity index (χ2v) is 4.44. The molecular weight excluding hydrogens is 258 g/mol. The molecule has 0 spiro atoms. The molecule has 5 heteroatoms. The molecule has 86 valence electrons. The van der Waals surface area contributed by atoms with Gasteiger partial charge in [0.2, 0.25) is 0 Å². The number of rotatable bonds is 5. The van der Waals surface area contributed by atoms with Gasteiger partial charge in [-0.05, 0) is 29.8 Å². The third-order valence-corrected chi connectivity index (χ3v) is 3.42. The molecule has 0 fully saturated rings. The van der Waals surface area contributed by atoms with Crippen LogP contribution in [0.5, 0.6) is 0 Å². The summed E-state index contributed by atoms with van der Waals surface area (Å²) in [6.07, 6.45) is 0.234. The molecule has 1 unspecified atom stereocenters. The van der Waals surface area contributed by atoms with Crippen LogP contribution < -0.4 is 5.32 Å². The topological polar surface area (TPSA) is 39.1 Å². The van der Waals surface area contributed by atoms with E-state index in [4.69, 9.17) is 4.74 Å². The maximum atomic E-state index is 5.16. The molecule has 1 rings (SSSR count). The van der Waals surface area contributed by atoms with Gasteiger partial charge in [0.25, 0.3) is 0 Å². The zero-order chi connectivity index (χ0) is 11.4. The van der Waals surface area contributed by atoms with Gasteiger partial charge in [0.1, 0.15) is 0 Å². The van der Waals surface area contributed by atoms with Gasteiger partial charge in [-0.25, -0.2) is 0 Å². The quantitative estimate of drug-likeness (QED) is 0.888. The Morgan fingerprint density at radius 1 is 1.60 bits per heavy atom. The van der Waals surface area contributed by atoms with Gasteiger partial charge in [-0.3, -0.25) is 4.68 Å². The fraction of sp³-hybridized carbons (Fsp3) is 0.700. The molecule has 0 saturated carbocycles. The summed E-state index contributed by atoms with van der Waals surface area (Å²) in [5, 5.41) is 7.66. The van der Waals surface area contributed by atoms with E-state index >= 15 is 0 Å². The summed E-state index contributed by atoms with van der Waals surface area (Å²) in [4.78, 5) is 0. The smallest absolute Gasteiger partial charge is 0.0739 e. The van der Waals surface area contributed by atoms with Gasteiger partial charge in [0.05, 0.1) is 22.0 Å². The van der Waals surface area contributed by atoms with Gasteiger partial charge in [0.15, 0.2) is 0 Å². The van der Waals surface area contributed by atoms with Crippen LogP contribution in [0, 0.1) is 6.92 Å². The molecule has 0 amide bonds. The number of ether oxygens (including phenoxy) is 1. The van der Waals surface area contributed by atoms with Crippen molar-refractivity contribution in [3.05, 3.63) is 15.9 Å². The molecule has 1 atom stereocenters. The van der Waals surface area contributed by atoms with Gasteiger partial charge in [-0.15, -0.1) is 0 Å². The number of nitrogens with one attached hydrogen (secondary N) is 1. The van der Waals surface area contributed by atoms with E-state index in [0.29, 0.717) is 0 Å². The molecule has 0 aliphatic carbocycles. The van der Waals surface area contributed by atoms with Crippen LogP contribution in [-0.2, 0) is 18.3 Å². The minimum absolute atomic E-state index is 0.234. The Labute approximate surface area is 99.1 Å². The summed E-state index contributed by atoms with van der Waals surface area (Å²) in [6, 6.07) is 0. The number of aromatic nitrogens is 2. The molecule has 1 aromatic rings. The lowest BCUT2D eigenvalue weighted by Gasteiger charge is -2.10. The van der Waals surface area contributed by atoms with E-state index < -0.39 is 0 Å². The summed E-state index contributed by atoms with van der Waals surface area (Å²) in [5.41, 5.74) is 2.19. The second-order valence-electron chi connectivity index (χ2n) is 3.65. The summed E-state index contributed by atoms with van der Waals surface area (Å²) in [7, 11) is 3.67. The standard InChI is InChI=1S/C10H18BrN3O/c1-7(15-4)5-12-6-9-10(11)8(2)13-14(9)3/h7,12H,5-6H2,1-4H3. The highest BCUT2D eigenvalue weighted by Crippen LogP contribution is 2.19. The fourth-order valence-electron chi connectivity index (χ4n) is 1.35. The molecule has 0 bridgehead atoms. The van der Waals surface area contributed by atoms with Crippen molar-refractivity contribution in [3.63, 3.8) is 0 Å². The van der Waals surface area contributed by atoms with Crippen molar-refractivity contribution < 1.29 is 4.74 Å². The lowest BCUT2D eigenvalue weighted by molar-refractivity contribution is 0.117. The molecule has 0 aliphatic rings. The van der Waals surface area contributed by atoms with E-state index in [2.05, 4.69) is 26.3 Å². The van der Waals surface area contributed by atoms with E-state index in [1.54, 1.807) is 7.11 Å². The molecule has 0 radical (unpaired) electrons. The molecule has 15 heavy (non-hydrogen) atoms. The number of methoxy groups -OCH3 is 1. The summed E-state index contributed by atoms with van der Waals surface area (Å²) < 4.78 is 8.14. The van der Waals surface area contributed by atoms with Crippen LogP contribution in [0.3, 0.4) is 0 Å². The minimum Gasteiger partial charge on any atom is -0.380 e. The van der Waals surface area contributed by atoms with Crippen molar-refractivity contribution in [2.24, 2.45) is 7.05 Å². The average molecular weight is 276 g/mol. The van der Waals surface area contributed by atoms with Gasteiger partial charge < -0.3 is 10.1 Å². The first kappa shape index (κ1) is 12.7. The molecule has 0 saturated heterocycles. The van der Waals surface area contributed by atoms with E-state index in [0.717, 1.165) is 29.0 Å². The van der Waals surface area contributed by atoms with Crippen LogP contribution in [0.4, 0.5) is 0 Å². The highest BCUT2D eigenvalue weighted by molar-refractivity contribution is 9.10. The van der Waals surface area contributed by atoms with Crippen molar-refractivity contribution in [1.82, 2.24) is 15.1 Å². The molecule has 0 aliphatic heterocycles. The maximum absolute atomic E-state index is 5.16. The Bertz CT molecular complexity index is 325. The molecular formula is C10H18BrN3O. The third kappa shape index (κ3) is 3.29. The van der Waals surface area contributed by atoms with Crippen LogP contribution >= 0.6 is 15.9 Å². The van der Waals surface area contributed by atoms with Gasteiger partial charge in [-0.1, -0.05) is 0 Å². The normalized spacial score (nSPS) is 13.1. The molecule has 0 aromatic carbocycles. The zero-order valence-corrected chi connectivity index (χ0v) is 11.3. The van der Waals surface area contributed by atoms with Crippen molar-refractivity contribution >= 4 is 15.9 Å². The second kappa shape index (κ2) is 5.63. The average Bonchev–Trinajstić information content (AvgIpc) is 2.44. The Kier molecular flexibility index (Phi) is 4.76. The number of nitrogens with zero attached hydrogens (tertiary/aromatic N) is 2. The van der Waals surface area contributed by atoms with Gasteiger partial charge >= 0.3 is 0 Å². The van der Waals surface area contributed by atoms with Crippen LogP contribution in [-0.4, -0.2) is 29.5 Å². The zero-order valence-electron chi connectivity index (χ0n) is 9.67. The Balaban J connectivity index is 2.50. The maximum Gasteiger partial charge on any atom is 0.0739 e. The largest absolute Gasteiger partial charge is 0.380 e. The first-order chi connectivity index (χ1) is 7.06. The van der Waals surface area contributed by atoms with Crippen LogP contribution in [0.25, 0.3) is 0 Å². The Morgan fingerprint density at radius 3 is 2.73 bits per heavy atom. The third-order valence-electron chi connectivity index (χ3n) is 2.39. The highest BCUT2D eigenvalue weighted by Gasteiger charge is 2.10. The van der Waals surface area contributed by atoms with Crippen molar-refractivity contribution in [2.75, 3.05) is 13.7 Å². The summed E-state index contributed by atoms with van der Waals surface area (Å²) in [5.74, 6) is 0.